The highest BCUT2D eigenvalue weighted by Gasteiger charge is 2.04. The number of rotatable bonds is 7. The number of ketones is 1. The van der Waals surface area contributed by atoms with Crippen molar-refractivity contribution in [2.45, 2.75) is 26.2 Å². The Balaban J connectivity index is 2.27. The van der Waals surface area contributed by atoms with Crippen LogP contribution < -0.4 is 5.32 Å². The van der Waals surface area contributed by atoms with E-state index in [-0.39, 0.29) is 5.78 Å². The third-order valence-electron chi connectivity index (χ3n) is 2.41. The van der Waals surface area contributed by atoms with E-state index in [0.717, 1.165) is 13.0 Å². The van der Waals surface area contributed by atoms with Crippen LogP contribution >= 0.6 is 11.6 Å². The zero-order valence-corrected chi connectivity index (χ0v) is 10.4. The van der Waals surface area contributed by atoms with E-state index in [0.29, 0.717) is 17.1 Å². The van der Waals surface area contributed by atoms with Crippen molar-refractivity contribution in [1.82, 2.24) is 5.32 Å². The maximum atomic E-state index is 11.7. The summed E-state index contributed by atoms with van der Waals surface area (Å²) in [7, 11) is 0. The molecule has 0 saturated heterocycles. The molecule has 0 saturated carbocycles. The van der Waals surface area contributed by atoms with E-state index >= 15 is 0 Å². The van der Waals surface area contributed by atoms with Gasteiger partial charge in [0.1, 0.15) is 0 Å². The van der Waals surface area contributed by atoms with Crippen LogP contribution in [0.1, 0.15) is 36.5 Å². The van der Waals surface area contributed by atoms with Gasteiger partial charge in [0, 0.05) is 10.6 Å². The second kappa shape index (κ2) is 7.42. The number of hydrogen-bond donors (Lipinski definition) is 1. The maximum Gasteiger partial charge on any atom is 0.176 e. The van der Waals surface area contributed by atoms with Gasteiger partial charge in [-0.05, 0) is 37.2 Å². The topological polar surface area (TPSA) is 29.1 Å². The van der Waals surface area contributed by atoms with Crippen molar-refractivity contribution >= 4 is 17.4 Å². The van der Waals surface area contributed by atoms with Crippen molar-refractivity contribution in [3.05, 3.63) is 34.9 Å². The Morgan fingerprint density at radius 2 is 1.94 bits per heavy atom. The molecule has 0 radical (unpaired) electrons. The SMILES string of the molecule is CCCCCNCC(=O)c1ccc(Cl)cc1. The van der Waals surface area contributed by atoms with Gasteiger partial charge in [0.25, 0.3) is 0 Å². The molecular weight excluding hydrogens is 222 g/mol. The van der Waals surface area contributed by atoms with Crippen molar-refractivity contribution in [3.8, 4) is 0 Å². The van der Waals surface area contributed by atoms with Crippen molar-refractivity contribution in [3.63, 3.8) is 0 Å². The first kappa shape index (κ1) is 13.2. The third kappa shape index (κ3) is 4.77. The summed E-state index contributed by atoms with van der Waals surface area (Å²) in [4.78, 5) is 11.7. The van der Waals surface area contributed by atoms with Crippen LogP contribution in [0.15, 0.2) is 24.3 Å². The Hall–Kier alpha value is -0.860. The van der Waals surface area contributed by atoms with Crippen LogP contribution in [0, 0.1) is 0 Å². The minimum Gasteiger partial charge on any atom is -0.310 e. The van der Waals surface area contributed by atoms with Gasteiger partial charge in [-0.25, -0.2) is 0 Å². The molecule has 0 amide bonds. The van der Waals surface area contributed by atoms with Gasteiger partial charge in [0.15, 0.2) is 5.78 Å². The predicted octanol–water partition coefficient (Wildman–Crippen LogP) is 3.30. The average molecular weight is 240 g/mol. The van der Waals surface area contributed by atoms with Gasteiger partial charge in [-0.1, -0.05) is 31.4 Å². The zero-order chi connectivity index (χ0) is 11.8. The number of Topliss-reactive ketones (excluding diaryl/α,β-unsaturated/α-hetero) is 1. The van der Waals surface area contributed by atoms with Gasteiger partial charge >= 0.3 is 0 Å². The van der Waals surface area contributed by atoms with Crippen molar-refractivity contribution in [1.29, 1.82) is 0 Å². The largest absolute Gasteiger partial charge is 0.310 e. The lowest BCUT2D eigenvalue weighted by Crippen LogP contribution is -2.23. The zero-order valence-electron chi connectivity index (χ0n) is 9.63. The molecule has 1 aromatic rings. The molecule has 16 heavy (non-hydrogen) atoms. The normalized spacial score (nSPS) is 10.4. The molecule has 88 valence electrons. The van der Waals surface area contributed by atoms with E-state index in [9.17, 15) is 4.79 Å². The van der Waals surface area contributed by atoms with E-state index in [1.165, 1.54) is 12.8 Å². The van der Waals surface area contributed by atoms with Crippen LogP contribution in [0.5, 0.6) is 0 Å². The number of carbonyl (C=O) groups excluding carboxylic acids is 1. The van der Waals surface area contributed by atoms with Gasteiger partial charge in [0.2, 0.25) is 0 Å². The molecule has 0 heterocycles. The summed E-state index contributed by atoms with van der Waals surface area (Å²) in [6.07, 6.45) is 3.54. The van der Waals surface area contributed by atoms with Gasteiger partial charge < -0.3 is 5.32 Å². The quantitative estimate of drug-likeness (QED) is 0.584. The van der Waals surface area contributed by atoms with E-state index in [4.69, 9.17) is 11.6 Å². The molecule has 1 rings (SSSR count). The molecule has 1 aromatic carbocycles. The maximum absolute atomic E-state index is 11.7. The molecule has 0 aliphatic heterocycles. The summed E-state index contributed by atoms with van der Waals surface area (Å²) in [5.74, 6) is 0.119. The van der Waals surface area contributed by atoms with E-state index in [2.05, 4.69) is 12.2 Å². The molecule has 0 aromatic heterocycles. The van der Waals surface area contributed by atoms with Crippen LogP contribution in [-0.2, 0) is 0 Å². The van der Waals surface area contributed by atoms with Crippen molar-refractivity contribution < 1.29 is 4.79 Å². The first-order valence-electron chi connectivity index (χ1n) is 5.73. The lowest BCUT2D eigenvalue weighted by Gasteiger charge is -2.03. The van der Waals surface area contributed by atoms with Gasteiger partial charge in [-0.2, -0.15) is 0 Å². The van der Waals surface area contributed by atoms with Crippen molar-refractivity contribution in [2.24, 2.45) is 0 Å². The number of halogens is 1. The highest BCUT2D eigenvalue weighted by atomic mass is 35.5. The Labute approximate surface area is 102 Å². The predicted molar refractivity (Wildman–Crippen MR) is 68.2 cm³/mol. The molecule has 0 spiro atoms. The van der Waals surface area contributed by atoms with Gasteiger partial charge in [-0.15, -0.1) is 0 Å². The number of nitrogens with one attached hydrogen (secondary N) is 1. The summed E-state index contributed by atoms with van der Waals surface area (Å²) in [5.41, 5.74) is 0.715. The summed E-state index contributed by atoms with van der Waals surface area (Å²) < 4.78 is 0. The molecule has 1 N–H and O–H groups in total. The second-order valence-corrected chi connectivity index (χ2v) is 4.25. The van der Waals surface area contributed by atoms with Crippen LogP contribution in [0.3, 0.4) is 0 Å². The minimum atomic E-state index is 0.119. The Kier molecular flexibility index (Phi) is 6.12. The smallest absolute Gasteiger partial charge is 0.176 e. The number of benzene rings is 1. The first-order valence-corrected chi connectivity index (χ1v) is 6.11. The summed E-state index contributed by atoms with van der Waals surface area (Å²) in [6.45, 7) is 3.48. The van der Waals surface area contributed by atoms with E-state index in [1.807, 2.05) is 0 Å². The number of carbonyl (C=O) groups is 1. The molecule has 0 unspecified atom stereocenters. The standard InChI is InChI=1S/C13H18ClNO/c1-2-3-4-9-15-10-13(16)11-5-7-12(14)8-6-11/h5-8,15H,2-4,9-10H2,1H3. The summed E-state index contributed by atoms with van der Waals surface area (Å²) >= 11 is 5.75. The van der Waals surface area contributed by atoms with Gasteiger partial charge in [0.05, 0.1) is 6.54 Å². The summed E-state index contributed by atoms with van der Waals surface area (Å²) in [5, 5.41) is 3.81. The lowest BCUT2D eigenvalue weighted by molar-refractivity contribution is 0.0991. The fourth-order valence-electron chi connectivity index (χ4n) is 1.44. The molecule has 3 heteroatoms. The Morgan fingerprint density at radius 3 is 2.56 bits per heavy atom. The molecule has 0 bridgehead atoms. The average Bonchev–Trinajstić information content (AvgIpc) is 2.29. The van der Waals surface area contributed by atoms with Crippen molar-refractivity contribution in [2.75, 3.05) is 13.1 Å². The van der Waals surface area contributed by atoms with Crippen LogP contribution in [0.2, 0.25) is 5.02 Å². The van der Waals surface area contributed by atoms with E-state index in [1.54, 1.807) is 24.3 Å². The monoisotopic (exact) mass is 239 g/mol. The van der Waals surface area contributed by atoms with Gasteiger partial charge in [-0.3, -0.25) is 4.79 Å². The molecular formula is C13H18ClNO. The highest BCUT2D eigenvalue weighted by molar-refractivity contribution is 6.30. The number of unbranched alkanes of at least 4 members (excludes halogenated alkanes) is 2. The third-order valence-corrected chi connectivity index (χ3v) is 2.66. The van der Waals surface area contributed by atoms with E-state index < -0.39 is 0 Å². The Bertz CT molecular complexity index is 321. The lowest BCUT2D eigenvalue weighted by atomic mass is 10.1. The second-order valence-electron chi connectivity index (χ2n) is 3.81. The highest BCUT2D eigenvalue weighted by Crippen LogP contribution is 2.09. The minimum absolute atomic E-state index is 0.119. The fraction of sp³-hybridized carbons (Fsp3) is 0.462. The first-order chi connectivity index (χ1) is 7.74. The van der Waals surface area contributed by atoms with Crippen LogP contribution in [0.25, 0.3) is 0 Å². The number of hydrogen-bond acceptors (Lipinski definition) is 2. The fourth-order valence-corrected chi connectivity index (χ4v) is 1.57. The molecule has 0 atom stereocenters. The molecule has 0 aliphatic rings. The molecule has 0 fully saturated rings. The molecule has 0 aliphatic carbocycles. The van der Waals surface area contributed by atoms with Crippen LogP contribution in [-0.4, -0.2) is 18.9 Å². The molecule has 2 nitrogen and oxygen atoms in total. The van der Waals surface area contributed by atoms with Crippen LogP contribution in [0.4, 0.5) is 0 Å². The summed E-state index contributed by atoms with van der Waals surface area (Å²) in [6, 6.07) is 7.01. The Morgan fingerprint density at radius 1 is 1.25 bits per heavy atom.